The molecular formula is C23H42N4O4Si2. The van der Waals surface area contributed by atoms with E-state index in [1.165, 1.54) is 6.33 Å². The van der Waals surface area contributed by atoms with E-state index in [1.807, 2.05) is 0 Å². The molecule has 0 bridgehead atoms. The Morgan fingerprint density at radius 1 is 1.21 bits per heavy atom. The fourth-order valence-corrected chi connectivity index (χ4v) is 5.67. The highest BCUT2D eigenvalue weighted by Gasteiger charge is 2.47. The Labute approximate surface area is 201 Å². The Balaban J connectivity index is 2.37. The van der Waals surface area contributed by atoms with Crippen molar-refractivity contribution in [1.29, 1.82) is 5.26 Å². The topological polar surface area (TPSA) is 112 Å². The van der Waals surface area contributed by atoms with Gasteiger partial charge in [0.05, 0.1) is 43.3 Å². The second-order valence-corrected chi connectivity index (χ2v) is 21.6. The molecule has 2 N–H and O–H groups in total. The van der Waals surface area contributed by atoms with Gasteiger partial charge in [-0.05, 0) is 36.3 Å². The van der Waals surface area contributed by atoms with E-state index in [9.17, 15) is 10.1 Å². The van der Waals surface area contributed by atoms with Crippen LogP contribution in [0.25, 0.3) is 0 Å². The Kier molecular flexibility index (Phi) is 8.08. The number of carbonyl (C=O) groups excluding carboxylic acids is 1. The van der Waals surface area contributed by atoms with E-state index in [0.29, 0.717) is 18.7 Å². The minimum Gasteiger partial charge on any atom is -0.414 e. The van der Waals surface area contributed by atoms with Crippen molar-refractivity contribution < 1.29 is 18.4 Å². The Morgan fingerprint density at radius 3 is 2.27 bits per heavy atom. The molecule has 1 saturated heterocycles. The maximum absolute atomic E-state index is 11.9. The lowest BCUT2D eigenvalue weighted by atomic mass is 10.2. The van der Waals surface area contributed by atoms with E-state index in [-0.39, 0.29) is 34.4 Å². The van der Waals surface area contributed by atoms with Crippen LogP contribution in [0.1, 0.15) is 70.4 Å². The van der Waals surface area contributed by atoms with Crippen molar-refractivity contribution in [2.24, 2.45) is 5.73 Å². The van der Waals surface area contributed by atoms with Crippen LogP contribution >= 0.6 is 0 Å². The fraction of sp³-hybridized carbons (Fsp3) is 0.783. The highest BCUT2D eigenvalue weighted by molar-refractivity contribution is 6.74. The summed E-state index contributed by atoms with van der Waals surface area (Å²) < 4.78 is 21.5. The van der Waals surface area contributed by atoms with Crippen LogP contribution in [0.4, 0.5) is 0 Å². The van der Waals surface area contributed by atoms with Crippen LogP contribution in [0.2, 0.25) is 36.3 Å². The third-order valence-corrected chi connectivity index (χ3v) is 16.5. The van der Waals surface area contributed by atoms with Gasteiger partial charge in [-0.25, -0.2) is 4.98 Å². The van der Waals surface area contributed by atoms with Crippen molar-refractivity contribution in [3.63, 3.8) is 0 Å². The zero-order chi connectivity index (χ0) is 25.4. The molecule has 0 aromatic carbocycles. The van der Waals surface area contributed by atoms with E-state index in [4.69, 9.17) is 19.3 Å². The standard InChI is InChI=1S/C23H42N4O4Si2/c1-22(2,3)32(7,8)29-14-16-13-18(31-33(9,10)23(4,5)6)21(30-16)27-15-26-19(20(25)28)17(27)11-12-24/h15-16,18,21H,11,13-14H2,1-10H3,(H2,25,28)/t16-,18+,21+/m0/s1. The molecule has 1 aliphatic heterocycles. The lowest BCUT2D eigenvalue weighted by Crippen LogP contribution is -2.45. The minimum absolute atomic E-state index is 0.0100. The number of nitrogens with two attached hydrogens (primary N) is 1. The van der Waals surface area contributed by atoms with Gasteiger partial charge in [-0.15, -0.1) is 0 Å². The number of amides is 1. The van der Waals surface area contributed by atoms with Crippen LogP contribution in [0.5, 0.6) is 0 Å². The summed E-state index contributed by atoms with van der Waals surface area (Å²) in [5.41, 5.74) is 6.08. The van der Waals surface area contributed by atoms with Crippen molar-refractivity contribution in [2.45, 2.75) is 109 Å². The van der Waals surface area contributed by atoms with Crippen LogP contribution in [0, 0.1) is 11.3 Å². The van der Waals surface area contributed by atoms with Crippen LogP contribution < -0.4 is 5.73 Å². The molecule has 8 nitrogen and oxygen atoms in total. The monoisotopic (exact) mass is 494 g/mol. The van der Waals surface area contributed by atoms with Gasteiger partial charge in [0.25, 0.3) is 5.91 Å². The van der Waals surface area contributed by atoms with E-state index >= 15 is 0 Å². The Bertz CT molecular complexity index is 894. The molecule has 2 rings (SSSR count). The molecule has 0 radical (unpaired) electrons. The number of primary amides is 1. The highest BCUT2D eigenvalue weighted by Crippen LogP contribution is 2.43. The number of imidazole rings is 1. The summed E-state index contributed by atoms with van der Waals surface area (Å²) in [6.45, 7) is 22.6. The van der Waals surface area contributed by atoms with Gasteiger partial charge < -0.3 is 23.9 Å². The average molecular weight is 495 g/mol. The molecular weight excluding hydrogens is 452 g/mol. The van der Waals surface area contributed by atoms with E-state index in [0.717, 1.165) is 0 Å². The van der Waals surface area contributed by atoms with Crippen molar-refractivity contribution >= 4 is 22.5 Å². The van der Waals surface area contributed by atoms with Gasteiger partial charge in [-0.1, -0.05) is 41.5 Å². The van der Waals surface area contributed by atoms with Gasteiger partial charge in [0.1, 0.15) is 5.69 Å². The predicted octanol–water partition coefficient (Wildman–Crippen LogP) is 4.75. The summed E-state index contributed by atoms with van der Waals surface area (Å²) in [4.78, 5) is 16.1. The number of ether oxygens (including phenoxy) is 1. The first-order valence-corrected chi connectivity index (χ1v) is 17.4. The summed E-state index contributed by atoms with van der Waals surface area (Å²) in [5, 5.41) is 9.47. The molecule has 3 atom stereocenters. The number of nitriles is 1. The fourth-order valence-electron chi connectivity index (χ4n) is 3.31. The second kappa shape index (κ2) is 9.62. The minimum atomic E-state index is -2.12. The molecule has 0 saturated carbocycles. The molecule has 10 heteroatoms. The SMILES string of the molecule is CC(C)(C)[Si](C)(C)OC[C@@H]1C[C@@H](O[Si](C)(C)C(C)(C)C)[C@H](n2cnc(C(N)=O)c2CC#N)O1. The normalized spacial score (nSPS) is 22.4. The number of aromatic nitrogens is 2. The second-order valence-electron chi connectivity index (χ2n) is 12.0. The summed E-state index contributed by atoms with van der Waals surface area (Å²) in [7, 11) is -4.06. The maximum atomic E-state index is 11.9. The number of nitrogens with zero attached hydrogens (tertiary/aromatic N) is 3. The predicted molar refractivity (Wildman–Crippen MR) is 134 cm³/mol. The molecule has 1 aromatic heterocycles. The van der Waals surface area contributed by atoms with Gasteiger partial charge in [0, 0.05) is 6.42 Å². The molecule has 0 aliphatic carbocycles. The molecule has 1 amide bonds. The third-order valence-electron chi connectivity index (χ3n) is 7.48. The van der Waals surface area contributed by atoms with Crippen molar-refractivity contribution in [3.8, 4) is 6.07 Å². The summed E-state index contributed by atoms with van der Waals surface area (Å²) in [6, 6.07) is 2.11. The summed E-state index contributed by atoms with van der Waals surface area (Å²) >= 11 is 0. The zero-order valence-corrected chi connectivity index (χ0v) is 24.0. The van der Waals surface area contributed by atoms with Crippen LogP contribution in [0.15, 0.2) is 6.33 Å². The molecule has 33 heavy (non-hydrogen) atoms. The molecule has 0 unspecified atom stereocenters. The van der Waals surface area contributed by atoms with Gasteiger partial charge in [-0.3, -0.25) is 4.79 Å². The average Bonchev–Trinajstić information content (AvgIpc) is 3.22. The Morgan fingerprint density at radius 2 is 1.79 bits per heavy atom. The van der Waals surface area contributed by atoms with Crippen LogP contribution in [-0.4, -0.2) is 50.9 Å². The number of hydrogen-bond acceptors (Lipinski definition) is 6. The van der Waals surface area contributed by atoms with E-state index in [1.54, 1.807) is 4.57 Å². The van der Waals surface area contributed by atoms with E-state index in [2.05, 4.69) is 78.8 Å². The van der Waals surface area contributed by atoms with Crippen molar-refractivity contribution in [3.05, 3.63) is 17.7 Å². The molecule has 1 fully saturated rings. The number of carbonyl (C=O) groups is 1. The first-order chi connectivity index (χ1) is 14.9. The number of rotatable bonds is 8. The van der Waals surface area contributed by atoms with Crippen molar-refractivity contribution in [1.82, 2.24) is 9.55 Å². The molecule has 1 aliphatic rings. The molecule has 186 valence electrons. The van der Waals surface area contributed by atoms with Gasteiger partial charge in [0.15, 0.2) is 22.9 Å². The Hall–Kier alpha value is -1.52. The van der Waals surface area contributed by atoms with Crippen LogP contribution in [0.3, 0.4) is 0 Å². The van der Waals surface area contributed by atoms with Crippen molar-refractivity contribution in [2.75, 3.05) is 6.61 Å². The van der Waals surface area contributed by atoms with Gasteiger partial charge in [-0.2, -0.15) is 5.26 Å². The largest absolute Gasteiger partial charge is 0.414 e. The third kappa shape index (κ3) is 6.14. The summed E-state index contributed by atoms with van der Waals surface area (Å²) in [6.07, 6.45) is 1.31. The molecule has 1 aromatic rings. The highest BCUT2D eigenvalue weighted by atomic mass is 28.4. The quantitative estimate of drug-likeness (QED) is 0.522. The first-order valence-electron chi connectivity index (χ1n) is 11.6. The summed E-state index contributed by atoms with van der Waals surface area (Å²) in [5.74, 6) is -0.656. The van der Waals surface area contributed by atoms with Gasteiger partial charge >= 0.3 is 0 Å². The number of hydrogen-bond donors (Lipinski definition) is 1. The van der Waals surface area contributed by atoms with Gasteiger partial charge in [0.2, 0.25) is 0 Å². The van der Waals surface area contributed by atoms with Crippen LogP contribution in [-0.2, 0) is 20.0 Å². The first kappa shape index (κ1) is 27.7. The molecule has 0 spiro atoms. The smallest absolute Gasteiger partial charge is 0.269 e. The zero-order valence-electron chi connectivity index (χ0n) is 22.0. The lowest BCUT2D eigenvalue weighted by Gasteiger charge is -2.39. The molecule has 2 heterocycles. The lowest BCUT2D eigenvalue weighted by molar-refractivity contribution is -0.0473. The maximum Gasteiger partial charge on any atom is 0.269 e. The van der Waals surface area contributed by atoms with E-state index < -0.39 is 28.8 Å².